The van der Waals surface area contributed by atoms with Crippen LogP contribution < -0.4 is 5.32 Å². The van der Waals surface area contributed by atoms with Crippen LogP contribution in [0.3, 0.4) is 0 Å². The van der Waals surface area contributed by atoms with Crippen LogP contribution in [0.15, 0.2) is 53.4 Å². The van der Waals surface area contributed by atoms with Gasteiger partial charge in [0, 0.05) is 28.7 Å². The van der Waals surface area contributed by atoms with Crippen molar-refractivity contribution in [3.05, 3.63) is 59.1 Å². The van der Waals surface area contributed by atoms with Gasteiger partial charge in [0.1, 0.15) is 0 Å². The fraction of sp³-hybridized carbons (Fsp3) is 0.350. The van der Waals surface area contributed by atoms with Crippen molar-refractivity contribution < 1.29 is 13.2 Å². The zero-order chi connectivity index (χ0) is 20.1. The van der Waals surface area contributed by atoms with Gasteiger partial charge in [-0.15, -0.1) is 11.8 Å². The van der Waals surface area contributed by atoms with E-state index in [9.17, 15) is 13.2 Å². The molecule has 3 rings (SSSR count). The number of hydrogen-bond donors (Lipinski definition) is 1. The molecule has 1 heterocycles. The summed E-state index contributed by atoms with van der Waals surface area (Å²) in [4.78, 5) is 13.8. The first-order valence-corrected chi connectivity index (χ1v) is 12.3. The molecule has 0 spiro atoms. The van der Waals surface area contributed by atoms with Crippen molar-refractivity contribution in [1.82, 2.24) is 4.31 Å². The fourth-order valence-electron chi connectivity index (χ4n) is 3.26. The van der Waals surface area contributed by atoms with Gasteiger partial charge in [0.2, 0.25) is 15.9 Å². The summed E-state index contributed by atoms with van der Waals surface area (Å²) in [7, 11) is -3.54. The van der Waals surface area contributed by atoms with Crippen LogP contribution in [0, 0.1) is 5.92 Å². The van der Waals surface area contributed by atoms with E-state index in [1.165, 1.54) is 4.31 Å². The van der Waals surface area contributed by atoms with Crippen molar-refractivity contribution in [2.24, 2.45) is 5.92 Å². The highest BCUT2D eigenvalue weighted by Gasteiger charge is 2.32. The van der Waals surface area contributed by atoms with Gasteiger partial charge in [-0.1, -0.05) is 35.9 Å². The minimum atomic E-state index is -3.54. The Morgan fingerprint density at radius 1 is 1.25 bits per heavy atom. The van der Waals surface area contributed by atoms with E-state index >= 15 is 0 Å². The number of piperidine rings is 1. The smallest absolute Gasteiger partial charge is 0.228 e. The molecule has 2 aromatic carbocycles. The van der Waals surface area contributed by atoms with Crippen LogP contribution in [0.1, 0.15) is 18.4 Å². The molecular formula is C20H23ClN2O3S2. The Balaban J connectivity index is 1.67. The minimum absolute atomic E-state index is 0.143. The van der Waals surface area contributed by atoms with Gasteiger partial charge < -0.3 is 5.32 Å². The number of carbonyl (C=O) groups excluding carboxylic acids is 1. The van der Waals surface area contributed by atoms with E-state index in [1.54, 1.807) is 36.0 Å². The molecule has 1 aliphatic heterocycles. The normalized spacial score (nSPS) is 18.0. The molecule has 0 radical (unpaired) electrons. The van der Waals surface area contributed by atoms with Gasteiger partial charge in [0.05, 0.1) is 11.7 Å². The Morgan fingerprint density at radius 2 is 2.04 bits per heavy atom. The summed E-state index contributed by atoms with van der Waals surface area (Å²) in [6.07, 6.45) is 3.31. The van der Waals surface area contributed by atoms with E-state index in [0.717, 1.165) is 10.6 Å². The molecule has 1 unspecified atom stereocenters. The molecule has 150 valence electrons. The van der Waals surface area contributed by atoms with Crippen molar-refractivity contribution in [2.45, 2.75) is 23.5 Å². The summed E-state index contributed by atoms with van der Waals surface area (Å²) in [5.74, 6) is -0.667. The van der Waals surface area contributed by atoms with Crippen LogP contribution in [0.4, 0.5) is 5.69 Å². The first-order chi connectivity index (χ1) is 13.4. The number of halogens is 1. The van der Waals surface area contributed by atoms with E-state index in [2.05, 4.69) is 5.32 Å². The third-order valence-electron chi connectivity index (χ3n) is 4.78. The van der Waals surface area contributed by atoms with Crippen LogP contribution >= 0.6 is 23.4 Å². The second-order valence-corrected chi connectivity index (χ2v) is 10.0. The number of anilines is 1. The molecule has 8 heteroatoms. The maximum Gasteiger partial charge on any atom is 0.228 e. The topological polar surface area (TPSA) is 66.5 Å². The predicted octanol–water partition coefficient (Wildman–Crippen LogP) is 4.24. The van der Waals surface area contributed by atoms with Crippen molar-refractivity contribution in [1.29, 1.82) is 0 Å². The average Bonchev–Trinajstić information content (AvgIpc) is 2.70. The predicted molar refractivity (Wildman–Crippen MR) is 115 cm³/mol. The molecular weight excluding hydrogens is 416 g/mol. The van der Waals surface area contributed by atoms with Gasteiger partial charge in [-0.3, -0.25) is 4.79 Å². The first-order valence-electron chi connectivity index (χ1n) is 9.05. The average molecular weight is 439 g/mol. The number of amides is 1. The van der Waals surface area contributed by atoms with Crippen molar-refractivity contribution >= 4 is 45.0 Å². The number of rotatable bonds is 6. The molecule has 0 aromatic heterocycles. The number of sulfonamides is 1. The van der Waals surface area contributed by atoms with Gasteiger partial charge in [-0.25, -0.2) is 12.7 Å². The van der Waals surface area contributed by atoms with Crippen LogP contribution in [0.5, 0.6) is 0 Å². The molecule has 1 fully saturated rings. The Hall–Kier alpha value is -1.54. The summed E-state index contributed by atoms with van der Waals surface area (Å²) in [5.41, 5.74) is 1.30. The van der Waals surface area contributed by atoms with Crippen LogP contribution in [-0.4, -0.2) is 38.0 Å². The van der Waals surface area contributed by atoms with Gasteiger partial charge in [-0.2, -0.15) is 0 Å². The number of nitrogens with one attached hydrogen (secondary N) is 1. The molecule has 1 atom stereocenters. The number of hydrogen-bond acceptors (Lipinski definition) is 4. The molecule has 1 aliphatic rings. The standard InChI is InChI=1S/C20H23ClN2O3S2/c1-27-18-9-4-8-17(12-18)22-20(24)15-7-5-11-23(13-15)28(25,26)14-16-6-2-3-10-19(16)21/h2-4,6,8-10,12,15H,5,7,11,13-14H2,1H3,(H,22,24). The van der Waals surface area contributed by atoms with Crippen LogP contribution in [0.2, 0.25) is 5.02 Å². The third kappa shape index (κ3) is 5.29. The Labute approximate surface area is 175 Å². The lowest BCUT2D eigenvalue weighted by atomic mass is 9.99. The van der Waals surface area contributed by atoms with Crippen LogP contribution in [0.25, 0.3) is 0 Å². The largest absolute Gasteiger partial charge is 0.326 e. The summed E-state index contributed by atoms with van der Waals surface area (Å²) in [6, 6.07) is 14.6. The molecule has 5 nitrogen and oxygen atoms in total. The number of nitrogens with zero attached hydrogens (tertiary/aromatic N) is 1. The molecule has 0 aliphatic carbocycles. The highest BCUT2D eigenvalue weighted by molar-refractivity contribution is 7.98. The SMILES string of the molecule is CSc1cccc(NC(=O)C2CCCN(S(=O)(=O)Cc3ccccc3Cl)C2)c1. The van der Waals surface area contributed by atoms with Crippen LogP contribution in [-0.2, 0) is 20.6 Å². The number of carbonyl (C=O) groups is 1. The van der Waals surface area contributed by atoms with Crippen molar-refractivity contribution in [3.8, 4) is 0 Å². The van der Waals surface area contributed by atoms with Gasteiger partial charge >= 0.3 is 0 Å². The van der Waals surface area contributed by atoms with Gasteiger partial charge in [-0.05, 0) is 48.9 Å². The Morgan fingerprint density at radius 3 is 2.79 bits per heavy atom. The molecule has 0 bridgehead atoms. The van der Waals surface area contributed by atoms with E-state index in [4.69, 9.17) is 11.6 Å². The van der Waals surface area contributed by atoms with E-state index in [0.29, 0.717) is 30.0 Å². The second kappa shape index (κ2) is 9.31. The summed E-state index contributed by atoms with van der Waals surface area (Å²) in [6.45, 7) is 0.624. The Bertz CT molecular complexity index is 950. The molecule has 1 saturated heterocycles. The highest BCUT2D eigenvalue weighted by atomic mass is 35.5. The summed E-state index contributed by atoms with van der Waals surface area (Å²) < 4.78 is 27.1. The first kappa shape index (κ1) is 21.2. The van der Waals surface area contributed by atoms with E-state index < -0.39 is 10.0 Å². The third-order valence-corrected chi connectivity index (χ3v) is 7.67. The van der Waals surface area contributed by atoms with E-state index in [-0.39, 0.29) is 24.1 Å². The second-order valence-electron chi connectivity index (χ2n) is 6.77. The highest BCUT2D eigenvalue weighted by Crippen LogP contribution is 2.26. The molecule has 1 N–H and O–H groups in total. The summed E-state index contributed by atoms with van der Waals surface area (Å²) >= 11 is 7.72. The lowest BCUT2D eigenvalue weighted by Crippen LogP contribution is -2.44. The Kier molecular flexibility index (Phi) is 7.04. The number of benzene rings is 2. The zero-order valence-corrected chi connectivity index (χ0v) is 18.0. The fourth-order valence-corrected chi connectivity index (χ4v) is 5.64. The quantitative estimate of drug-likeness (QED) is 0.685. The molecule has 2 aromatic rings. The van der Waals surface area contributed by atoms with Gasteiger partial charge in [0.15, 0.2) is 0 Å². The summed E-state index contributed by atoms with van der Waals surface area (Å²) in [5, 5.41) is 3.36. The monoisotopic (exact) mass is 438 g/mol. The van der Waals surface area contributed by atoms with Crippen molar-refractivity contribution in [3.63, 3.8) is 0 Å². The number of thioether (sulfide) groups is 1. The zero-order valence-electron chi connectivity index (χ0n) is 15.6. The maximum atomic E-state index is 12.9. The lowest BCUT2D eigenvalue weighted by Gasteiger charge is -2.31. The van der Waals surface area contributed by atoms with Gasteiger partial charge in [0.25, 0.3) is 0 Å². The minimum Gasteiger partial charge on any atom is -0.326 e. The maximum absolute atomic E-state index is 12.9. The lowest BCUT2D eigenvalue weighted by molar-refractivity contribution is -0.120. The van der Waals surface area contributed by atoms with Crippen molar-refractivity contribution in [2.75, 3.05) is 24.7 Å². The van der Waals surface area contributed by atoms with E-state index in [1.807, 2.05) is 30.5 Å². The molecule has 28 heavy (non-hydrogen) atoms. The molecule has 1 amide bonds. The molecule has 0 saturated carbocycles.